The van der Waals surface area contributed by atoms with Gasteiger partial charge >= 0.3 is 0 Å². The fourth-order valence-electron chi connectivity index (χ4n) is 0. The Morgan fingerprint density at radius 2 is 1.17 bits per heavy atom. The molecular formula is CH5BCrFeNbW. The van der Waals surface area contributed by atoms with E-state index in [4.69, 9.17) is 0 Å². The molecule has 0 unspecified atom stereocenters. The van der Waals surface area contributed by atoms with Gasteiger partial charge in [0.25, 0.3) is 0 Å². The second-order valence-electron chi connectivity index (χ2n) is 0. The normalized spacial score (nSPS) is 0.833. The van der Waals surface area contributed by atoms with E-state index >= 15 is 0 Å². The minimum absolute atomic E-state index is 0. The van der Waals surface area contributed by atoms with Crippen molar-refractivity contribution in [3.05, 3.63) is 0 Å². The first-order valence-corrected chi connectivity index (χ1v) is 1.00. The van der Waals surface area contributed by atoms with E-state index in [1.165, 1.54) is 0 Å². The van der Waals surface area contributed by atoms with Crippen LogP contribution in [0.4, 0.5) is 0 Å². The minimum Gasteiger partial charge on any atom is -0.0927 e. The van der Waals surface area contributed by atoms with Crippen LogP contribution in [0.5, 0.6) is 0 Å². The van der Waals surface area contributed by atoms with Gasteiger partial charge in [-0.05, 0) is 0 Å². The second-order valence-corrected chi connectivity index (χ2v) is 0. The summed E-state index contributed by atoms with van der Waals surface area (Å²) in [7, 11) is 2.00. The monoisotopic (exact) mass is 413 g/mol. The first-order chi connectivity index (χ1) is 1.00. The molecule has 6 heavy (non-hydrogen) atoms. The summed E-state index contributed by atoms with van der Waals surface area (Å²) in [4.78, 5) is 0. The Kier molecular flexibility index (Phi) is 322. The van der Waals surface area contributed by atoms with Gasteiger partial charge in [-0.2, -0.15) is 0 Å². The topological polar surface area (TPSA) is 0 Å². The molecule has 5 heteroatoms. The molecule has 0 heterocycles. The fraction of sp³-hybridized carbons (Fsp3) is 1.00. The first-order valence-electron chi connectivity index (χ1n) is 1.00. The predicted molar refractivity (Wildman–Crippen MR) is 14.4 cm³/mol. The van der Waals surface area contributed by atoms with Crippen LogP contribution >= 0.6 is 0 Å². The molecule has 37 valence electrons. The molecule has 0 amide bonds. The Bertz CT molecular complexity index is 15.5. The Labute approximate surface area is 91.4 Å². The van der Waals surface area contributed by atoms with E-state index in [-0.39, 0.29) is 77.9 Å². The van der Waals surface area contributed by atoms with Crippen molar-refractivity contribution in [3.8, 4) is 0 Å². The van der Waals surface area contributed by atoms with Crippen molar-refractivity contribution in [2.75, 3.05) is 0 Å². The molecule has 0 aliphatic rings. The van der Waals surface area contributed by atoms with Gasteiger partial charge in [0.15, 0.2) is 0 Å². The standard InChI is InChI=1S/CH5B.Cr.Fe.Nb.W/c1-2;;;;/h2H2,1H3;;;;. The van der Waals surface area contributed by atoms with Crippen LogP contribution in [-0.4, -0.2) is 7.85 Å². The average molecular weight is 412 g/mol. The molecule has 0 spiro atoms. The van der Waals surface area contributed by atoms with Crippen LogP contribution in [-0.2, 0) is 77.9 Å². The van der Waals surface area contributed by atoms with Crippen LogP contribution in [0.1, 0.15) is 0 Å². The Hall–Kier alpha value is 2.55. The van der Waals surface area contributed by atoms with Crippen LogP contribution in [0.15, 0.2) is 0 Å². The van der Waals surface area contributed by atoms with E-state index in [0.717, 1.165) is 0 Å². The molecule has 0 nitrogen and oxygen atoms in total. The van der Waals surface area contributed by atoms with Gasteiger partial charge in [-0.25, -0.2) is 0 Å². The van der Waals surface area contributed by atoms with E-state index < -0.39 is 0 Å². The Morgan fingerprint density at radius 3 is 1.17 bits per heavy atom. The maximum atomic E-state index is 2.00. The average Bonchev–Trinajstić information content (AvgIpc) is 1.00. The summed E-state index contributed by atoms with van der Waals surface area (Å²) >= 11 is 0. The first kappa shape index (κ1) is 38.7. The van der Waals surface area contributed by atoms with Crippen LogP contribution < -0.4 is 0 Å². The van der Waals surface area contributed by atoms with Crippen LogP contribution in [0.2, 0.25) is 6.82 Å². The van der Waals surface area contributed by atoms with Crippen molar-refractivity contribution in [1.29, 1.82) is 0 Å². The van der Waals surface area contributed by atoms with Crippen LogP contribution in [0.3, 0.4) is 0 Å². The molecule has 0 saturated heterocycles. The maximum absolute atomic E-state index is 2.00. The van der Waals surface area contributed by atoms with Gasteiger partial charge in [-0.3, -0.25) is 0 Å². The van der Waals surface area contributed by atoms with Gasteiger partial charge < -0.3 is 0 Å². The Morgan fingerprint density at radius 1 is 1.17 bits per heavy atom. The second kappa shape index (κ2) is 49.9. The maximum Gasteiger partial charge on any atom is 0.0973 e. The zero-order valence-corrected chi connectivity index (χ0v) is 11.1. The zero-order chi connectivity index (χ0) is 2.00. The molecule has 0 aliphatic carbocycles. The van der Waals surface area contributed by atoms with Gasteiger partial charge in [-0.1, -0.05) is 6.82 Å². The largest absolute Gasteiger partial charge is 0.0973 e. The van der Waals surface area contributed by atoms with Gasteiger partial charge in [0, 0.05) is 77.9 Å². The third-order valence-electron chi connectivity index (χ3n) is 0. The summed E-state index contributed by atoms with van der Waals surface area (Å²) in [6.45, 7) is 2.00. The van der Waals surface area contributed by atoms with E-state index in [2.05, 4.69) is 0 Å². The fourth-order valence-corrected chi connectivity index (χ4v) is 0. The molecule has 0 aromatic carbocycles. The number of hydrogen-bond acceptors (Lipinski definition) is 0. The van der Waals surface area contributed by atoms with E-state index in [9.17, 15) is 0 Å². The van der Waals surface area contributed by atoms with Crippen molar-refractivity contribution in [1.82, 2.24) is 0 Å². The van der Waals surface area contributed by atoms with Crippen molar-refractivity contribution in [2.45, 2.75) is 6.82 Å². The van der Waals surface area contributed by atoms with Crippen LogP contribution in [0.25, 0.3) is 0 Å². The molecule has 0 atom stereocenters. The predicted octanol–water partition coefficient (Wildman–Crippen LogP) is -0.342. The molecule has 0 aromatic heterocycles. The van der Waals surface area contributed by atoms with Crippen molar-refractivity contribution < 1.29 is 77.9 Å². The number of rotatable bonds is 0. The van der Waals surface area contributed by atoms with Gasteiger partial charge in [0.1, 0.15) is 0 Å². The van der Waals surface area contributed by atoms with Gasteiger partial charge in [-0.15, -0.1) is 0 Å². The van der Waals surface area contributed by atoms with E-state index in [1.807, 2.05) is 14.7 Å². The summed E-state index contributed by atoms with van der Waals surface area (Å²) in [5.74, 6) is 0. The minimum atomic E-state index is 0. The molecule has 0 rings (SSSR count). The quantitative estimate of drug-likeness (QED) is 0.478. The molecule has 1 radical (unpaired) electrons. The van der Waals surface area contributed by atoms with E-state index in [1.54, 1.807) is 0 Å². The molecular weight excluding hydrogens is 407 g/mol. The molecule has 0 aliphatic heterocycles. The molecule has 0 aromatic rings. The summed E-state index contributed by atoms with van der Waals surface area (Å²) in [6, 6.07) is 0. The van der Waals surface area contributed by atoms with Crippen molar-refractivity contribution in [2.24, 2.45) is 0 Å². The van der Waals surface area contributed by atoms with Crippen molar-refractivity contribution in [3.63, 3.8) is 0 Å². The molecule has 0 bridgehead atoms. The number of hydrogen-bond donors (Lipinski definition) is 0. The van der Waals surface area contributed by atoms with E-state index in [0.29, 0.717) is 0 Å². The van der Waals surface area contributed by atoms with Gasteiger partial charge in [0.05, 0.1) is 7.85 Å². The smallest absolute Gasteiger partial charge is 0.0927 e. The third kappa shape index (κ3) is 31.1. The molecule has 0 fully saturated rings. The SMILES string of the molecule is BC.[Cr].[Fe].[Nb].[W]. The summed E-state index contributed by atoms with van der Waals surface area (Å²) in [5.41, 5.74) is 0. The molecule has 0 N–H and O–H groups in total. The zero-order valence-electron chi connectivity index (χ0n) is 3.62. The summed E-state index contributed by atoms with van der Waals surface area (Å²) < 4.78 is 0. The summed E-state index contributed by atoms with van der Waals surface area (Å²) in [6.07, 6.45) is 0. The van der Waals surface area contributed by atoms with Crippen molar-refractivity contribution >= 4 is 7.85 Å². The van der Waals surface area contributed by atoms with Gasteiger partial charge in [0.2, 0.25) is 0 Å². The third-order valence-corrected chi connectivity index (χ3v) is 0. The summed E-state index contributed by atoms with van der Waals surface area (Å²) in [5, 5.41) is 0. The Balaban J connectivity index is -0.000000000833. The van der Waals surface area contributed by atoms with Crippen LogP contribution in [0, 0.1) is 0 Å². The molecule has 0 saturated carbocycles.